The van der Waals surface area contributed by atoms with Crippen LogP contribution in [-0.4, -0.2) is 119 Å². The Morgan fingerprint density at radius 1 is 0.500 bits per heavy atom. The van der Waals surface area contributed by atoms with E-state index in [0.717, 1.165) is 118 Å². The molecule has 84 heavy (non-hydrogen) atoms. The molecule has 7 aromatic rings. The first kappa shape index (κ1) is 58.4. The van der Waals surface area contributed by atoms with E-state index in [1.807, 2.05) is 44.8 Å². The number of fused-ring (bicyclic) bond motifs is 2. The van der Waals surface area contributed by atoms with Crippen LogP contribution >= 0.6 is 22.7 Å². The second kappa shape index (κ2) is 26.3. The molecule has 8 atom stereocenters. The first-order valence-electron chi connectivity index (χ1n) is 30.0. The summed E-state index contributed by atoms with van der Waals surface area (Å²) in [7, 11) is 3.45. The molecule has 2 saturated heterocycles. The smallest absolute Gasteiger partial charge is 0.251 e. The van der Waals surface area contributed by atoms with Crippen molar-refractivity contribution in [2.24, 2.45) is 11.8 Å². The summed E-state index contributed by atoms with van der Waals surface area (Å²) < 4.78 is 0. The Morgan fingerprint density at radius 2 is 0.881 bits per heavy atom. The minimum absolute atomic E-state index is 0.0248. The number of aromatic nitrogens is 2. The van der Waals surface area contributed by atoms with Crippen LogP contribution in [0.5, 0.6) is 0 Å². The van der Waals surface area contributed by atoms with Gasteiger partial charge in [-0.2, -0.15) is 0 Å². The van der Waals surface area contributed by atoms with Gasteiger partial charge in [-0.25, -0.2) is 9.97 Å². The number of hydrogen-bond donors (Lipinski definition) is 6. The SMILES string of the molecule is CNC(C)C(=O)NC(C(=O)N1CC(NC(=O)c2ccc(C(=O)NC3CC(c4nc(-c5ccc6ccccc6c5)cs4)N(C(=O)C(NC(=O)C(C)NC)C4CCCCC4)C3)cc2)CC1c1nc(-c2ccc3ccccc3c2)cs1)C1CCCCC1. The molecule has 11 rings (SSSR count). The van der Waals surface area contributed by atoms with Crippen LogP contribution in [0.15, 0.2) is 120 Å². The van der Waals surface area contributed by atoms with Crippen molar-refractivity contribution in [1.82, 2.24) is 51.7 Å². The van der Waals surface area contributed by atoms with Crippen LogP contribution in [0.1, 0.15) is 134 Å². The third kappa shape index (κ3) is 13.0. The fraction of sp³-hybridized carbons (Fsp3) is 0.424. The molecule has 0 bridgehead atoms. The number of thiazole rings is 2. The lowest BCUT2D eigenvalue weighted by molar-refractivity contribution is -0.139. The molecule has 2 aliphatic carbocycles. The van der Waals surface area contributed by atoms with Gasteiger partial charge in [0.25, 0.3) is 11.8 Å². The highest BCUT2D eigenvalue weighted by Gasteiger charge is 2.46. The summed E-state index contributed by atoms with van der Waals surface area (Å²) in [6, 6.07) is 31.2. The molecule has 4 aliphatic rings. The molecular formula is C66H76N10O6S2. The summed E-state index contributed by atoms with van der Waals surface area (Å²) in [6.07, 6.45) is 10.3. The Bertz CT molecular complexity index is 3290. The normalized spacial score (nSPS) is 21.0. The van der Waals surface area contributed by atoms with E-state index in [1.165, 1.54) is 22.7 Å². The number of carbonyl (C=O) groups excluding carboxylic acids is 6. The number of nitrogens with one attached hydrogen (secondary N) is 6. The zero-order chi connectivity index (χ0) is 58.4. The third-order valence-electron chi connectivity index (χ3n) is 18.0. The third-order valence-corrected chi connectivity index (χ3v) is 19.9. The average molecular weight is 1170 g/mol. The second-order valence-corrected chi connectivity index (χ2v) is 25.2. The molecule has 6 amide bonds. The molecule has 8 unspecified atom stereocenters. The van der Waals surface area contributed by atoms with Crippen LogP contribution in [0.25, 0.3) is 44.1 Å². The Morgan fingerprint density at radius 3 is 1.26 bits per heavy atom. The van der Waals surface area contributed by atoms with Gasteiger partial charge in [0.05, 0.1) is 35.6 Å². The average Bonchev–Trinajstić information content (AvgIpc) is 4.58. The maximum Gasteiger partial charge on any atom is 0.251 e. The molecule has 2 aliphatic heterocycles. The number of likely N-dealkylation sites (N-methyl/N-ethyl adjacent to an activating group) is 2. The van der Waals surface area contributed by atoms with E-state index < -0.39 is 48.3 Å². The highest BCUT2D eigenvalue weighted by atomic mass is 32.1. The van der Waals surface area contributed by atoms with Gasteiger partial charge in [0, 0.05) is 58.2 Å². The summed E-state index contributed by atoms with van der Waals surface area (Å²) in [5.41, 5.74) is 4.24. The Labute approximate surface area is 499 Å². The molecule has 0 spiro atoms. The van der Waals surface area contributed by atoms with Crippen molar-refractivity contribution in [1.29, 1.82) is 0 Å². The van der Waals surface area contributed by atoms with Gasteiger partial charge in [0.2, 0.25) is 23.6 Å². The van der Waals surface area contributed by atoms with E-state index in [2.05, 4.69) is 92.6 Å². The Hall–Kier alpha value is -7.38. The van der Waals surface area contributed by atoms with Crippen LogP contribution < -0.4 is 31.9 Å². The monoisotopic (exact) mass is 1170 g/mol. The first-order valence-corrected chi connectivity index (χ1v) is 31.8. The van der Waals surface area contributed by atoms with E-state index >= 15 is 9.59 Å². The number of likely N-dealkylation sites (tertiary alicyclic amines) is 2. The van der Waals surface area contributed by atoms with Crippen molar-refractivity contribution < 1.29 is 28.8 Å². The van der Waals surface area contributed by atoms with Crippen molar-refractivity contribution in [3.8, 4) is 22.5 Å². The van der Waals surface area contributed by atoms with Gasteiger partial charge < -0.3 is 41.7 Å². The van der Waals surface area contributed by atoms with Crippen LogP contribution in [0.3, 0.4) is 0 Å². The largest absolute Gasteiger partial charge is 0.347 e. The lowest BCUT2D eigenvalue weighted by Crippen LogP contribution is -2.56. The van der Waals surface area contributed by atoms with Crippen LogP contribution in [0, 0.1) is 11.8 Å². The molecule has 0 radical (unpaired) electrons. The van der Waals surface area contributed by atoms with Gasteiger partial charge in [0.1, 0.15) is 22.1 Å². The van der Waals surface area contributed by atoms with Crippen molar-refractivity contribution >= 4 is 79.7 Å². The maximum atomic E-state index is 15.1. The highest BCUT2D eigenvalue weighted by Crippen LogP contribution is 2.41. The summed E-state index contributed by atoms with van der Waals surface area (Å²) >= 11 is 2.98. The predicted octanol–water partition coefficient (Wildman–Crippen LogP) is 9.73. The van der Waals surface area contributed by atoms with Gasteiger partial charge in [-0.1, -0.05) is 111 Å². The molecule has 16 nitrogen and oxygen atoms in total. The fourth-order valence-electron chi connectivity index (χ4n) is 12.9. The highest BCUT2D eigenvalue weighted by molar-refractivity contribution is 7.10. The summed E-state index contributed by atoms with van der Waals surface area (Å²) in [4.78, 5) is 99.7. The number of benzene rings is 5. The minimum Gasteiger partial charge on any atom is -0.347 e. The fourth-order valence-corrected chi connectivity index (χ4v) is 14.8. The number of nitrogens with zero attached hydrogens (tertiary/aromatic N) is 4. The molecule has 5 aromatic carbocycles. The Balaban J connectivity index is 0.807. The molecule has 438 valence electrons. The number of carbonyl (C=O) groups is 6. The zero-order valence-electron chi connectivity index (χ0n) is 48.3. The van der Waals surface area contributed by atoms with E-state index in [9.17, 15) is 19.2 Å². The van der Waals surface area contributed by atoms with Crippen LogP contribution in [0.2, 0.25) is 0 Å². The number of amides is 6. The predicted molar refractivity (Wildman–Crippen MR) is 331 cm³/mol. The molecule has 4 heterocycles. The van der Waals surface area contributed by atoms with Crippen LogP contribution in [-0.2, 0) is 19.2 Å². The van der Waals surface area contributed by atoms with E-state index in [-0.39, 0.29) is 60.4 Å². The Kier molecular flexibility index (Phi) is 18.3. The van der Waals surface area contributed by atoms with E-state index in [0.29, 0.717) is 24.0 Å². The zero-order valence-corrected chi connectivity index (χ0v) is 49.9. The minimum atomic E-state index is -0.734. The van der Waals surface area contributed by atoms with E-state index in [1.54, 1.807) is 52.2 Å². The van der Waals surface area contributed by atoms with Gasteiger partial charge in [-0.15, -0.1) is 22.7 Å². The summed E-state index contributed by atoms with van der Waals surface area (Å²) in [5, 5.41) is 28.8. The number of hydrogen-bond acceptors (Lipinski definition) is 12. The summed E-state index contributed by atoms with van der Waals surface area (Å²) in [6.45, 7) is 4.00. The van der Waals surface area contributed by atoms with Gasteiger partial charge >= 0.3 is 0 Å². The molecule has 6 N–H and O–H groups in total. The quantitative estimate of drug-likeness (QED) is 0.0480. The van der Waals surface area contributed by atoms with Crippen molar-refractivity contribution in [3.05, 3.63) is 141 Å². The van der Waals surface area contributed by atoms with Crippen molar-refractivity contribution in [3.63, 3.8) is 0 Å². The molecule has 2 saturated carbocycles. The van der Waals surface area contributed by atoms with Gasteiger partial charge in [-0.3, -0.25) is 28.8 Å². The number of rotatable bonds is 18. The topological polar surface area (TPSA) is 207 Å². The molecule has 2 aromatic heterocycles. The lowest BCUT2D eigenvalue weighted by atomic mass is 9.83. The van der Waals surface area contributed by atoms with E-state index in [4.69, 9.17) is 9.97 Å². The first-order chi connectivity index (χ1) is 40.8. The molecule has 4 fully saturated rings. The van der Waals surface area contributed by atoms with Crippen LogP contribution in [0.4, 0.5) is 0 Å². The standard InChI is InChI=1S/C66H76N10O6S2/c1-39(67-3)59(77)73-57(43-17-7-5-8-18-43)65(81)75-35-51(33-55(75)63-71-53(37-83-63)49-29-23-41-15-11-13-21-47(41)31-49)69-61(79)45-25-27-46(28-26-45)62(80)70-52-34-56(64-72-54(38-84-64)50-30-24-42-16-12-14-22-48(42)32-50)76(36-52)66(82)58(44-19-9-6-10-20-44)74-60(78)40(2)68-4/h11-16,21-32,37-40,43-44,51-52,55-58,67-68H,5-10,17-20,33-36H2,1-4H3,(H,69,79)(H,70,80)(H,73,77)(H,74,78). The van der Waals surface area contributed by atoms with Gasteiger partial charge in [-0.05, 0) is 136 Å². The lowest BCUT2D eigenvalue weighted by Gasteiger charge is -2.35. The summed E-state index contributed by atoms with van der Waals surface area (Å²) in [5.74, 6) is -1.57. The second-order valence-electron chi connectivity index (χ2n) is 23.5. The van der Waals surface area contributed by atoms with Gasteiger partial charge in [0.15, 0.2) is 0 Å². The van der Waals surface area contributed by atoms with Crippen molar-refractivity contribution in [2.45, 2.75) is 139 Å². The maximum absolute atomic E-state index is 15.1. The molecular weight excluding hydrogens is 1090 g/mol. The van der Waals surface area contributed by atoms with Crippen molar-refractivity contribution in [2.75, 3.05) is 27.2 Å². The molecule has 18 heteroatoms.